The van der Waals surface area contributed by atoms with Gasteiger partial charge in [-0.25, -0.2) is 0 Å². The van der Waals surface area contributed by atoms with E-state index in [1.165, 1.54) is 12.1 Å². The van der Waals surface area contributed by atoms with E-state index in [0.29, 0.717) is 26.7 Å². The molecule has 46 heavy (non-hydrogen) atoms. The molecule has 1 unspecified atom stereocenters. The number of likely N-dealkylation sites (N-methyl/N-ethyl adjacent to an activating group) is 1. The Morgan fingerprint density at radius 1 is 0.913 bits per heavy atom. The molecule has 11 heteroatoms. The second-order valence-corrected chi connectivity index (χ2v) is 30.7. The molecule has 0 radical (unpaired) electrons. The van der Waals surface area contributed by atoms with Crippen LogP contribution in [0.2, 0.25) is 0 Å². The number of non-ortho nitro benzene ring substituents is 1. The van der Waals surface area contributed by atoms with E-state index in [4.69, 9.17) is 33.8 Å². The van der Waals surface area contributed by atoms with Gasteiger partial charge in [0, 0.05) is 0 Å². The summed E-state index contributed by atoms with van der Waals surface area (Å²) in [7, 11) is 24.5. The van der Waals surface area contributed by atoms with Gasteiger partial charge < -0.3 is 0 Å². The van der Waals surface area contributed by atoms with Crippen molar-refractivity contribution in [1.29, 1.82) is 0 Å². The second kappa shape index (κ2) is 12.9. The Bertz CT molecular complexity index is 1800. The number of quaternary nitrogens is 1. The van der Waals surface area contributed by atoms with Crippen LogP contribution in [-0.4, -0.2) is 64.7 Å². The van der Waals surface area contributed by atoms with Crippen LogP contribution in [0.4, 0.5) is 17.1 Å². The number of halogens is 3. The first-order valence-corrected chi connectivity index (χ1v) is 23.8. The molecule has 7 nitrogen and oxygen atoms in total. The van der Waals surface area contributed by atoms with Crippen molar-refractivity contribution in [3.8, 4) is 5.75 Å². The van der Waals surface area contributed by atoms with Gasteiger partial charge in [0.2, 0.25) is 0 Å². The van der Waals surface area contributed by atoms with Gasteiger partial charge in [-0.2, -0.15) is 0 Å². The van der Waals surface area contributed by atoms with Crippen LogP contribution in [0.3, 0.4) is 0 Å². The third kappa shape index (κ3) is 7.85. The molecule has 1 aliphatic heterocycles. The van der Waals surface area contributed by atoms with E-state index in [0.717, 1.165) is 51.3 Å². The average molecular weight is 779 g/mol. The molecular weight excluding hydrogens is 732 g/mol. The van der Waals surface area contributed by atoms with Crippen LogP contribution in [-0.2, 0) is 9.72 Å². The van der Waals surface area contributed by atoms with Crippen molar-refractivity contribution in [3.63, 3.8) is 0 Å². The molecule has 3 aromatic rings. The molecule has 4 rings (SSSR count). The van der Waals surface area contributed by atoms with Crippen molar-refractivity contribution in [1.82, 2.24) is 0 Å². The van der Waals surface area contributed by atoms with Crippen molar-refractivity contribution in [2.75, 3.05) is 44.0 Å². The summed E-state index contributed by atoms with van der Waals surface area (Å²) in [6.07, 6.45) is -0.192. The Labute approximate surface area is 286 Å². The quantitative estimate of drug-likeness (QED) is 0.0992. The number of aryl methyl sites for hydroxylation is 6. The van der Waals surface area contributed by atoms with Gasteiger partial charge >= 0.3 is 288 Å². The van der Waals surface area contributed by atoms with Crippen LogP contribution in [0.1, 0.15) is 52.8 Å². The zero-order chi connectivity index (χ0) is 34.5. The minimum atomic E-state index is -5.37. The van der Waals surface area contributed by atoms with Crippen LogP contribution in [0, 0.1) is 51.7 Å². The van der Waals surface area contributed by atoms with Crippen molar-refractivity contribution in [2.45, 2.75) is 67.5 Å². The SMILES string of the molecule is Cc1cc(C)c(N2CC(C[N+](C)(C)C)N(c3c(C)cc(C)cc3C)[C]2=[Ru-5]([Cl])([Cl])([Cl])=[CH]c2cc([N+](=O)[O-])ccc2OC(C)C)c(C)c1. The van der Waals surface area contributed by atoms with Gasteiger partial charge in [-0.1, -0.05) is 0 Å². The molecule has 0 spiro atoms. The number of hydrogen-bond acceptors (Lipinski definition) is 5. The summed E-state index contributed by atoms with van der Waals surface area (Å²) >= 11 is 0. The van der Waals surface area contributed by atoms with E-state index in [1.807, 2.05) is 13.8 Å². The summed E-state index contributed by atoms with van der Waals surface area (Å²) in [6.45, 7) is 17.8. The third-order valence-corrected chi connectivity index (χ3v) is 14.9. The molecule has 0 bridgehead atoms. The van der Waals surface area contributed by atoms with Crippen LogP contribution in [0.15, 0.2) is 42.5 Å². The van der Waals surface area contributed by atoms with Crippen molar-refractivity contribution >= 4 is 55.1 Å². The monoisotopic (exact) mass is 778 g/mol. The molecule has 1 atom stereocenters. The van der Waals surface area contributed by atoms with Gasteiger partial charge in [-0.05, 0) is 0 Å². The average Bonchev–Trinajstić information content (AvgIpc) is 3.20. The van der Waals surface area contributed by atoms with Crippen molar-refractivity contribution < 1.29 is 23.9 Å². The standard InChI is InChI=1S/C25H36N3.C10H11NO3.3ClH.Ru/c1-17-10-19(3)24(20(4)11-17)26-14-23(15-28(7,8)9)27(16-26)25-21(5)12-18(2)13-22(25)6;1-7(2)14-10-5-4-9(11(12)13)6-8(10)3;;;;/h10-13,23H,14-15H2,1-9H3;3-7H,1-2H3;3*1H;/q+1;;;;;-2/p-3. The van der Waals surface area contributed by atoms with Crippen LogP contribution in [0.5, 0.6) is 5.75 Å². The van der Waals surface area contributed by atoms with E-state index < -0.39 is 14.6 Å². The third-order valence-electron chi connectivity index (χ3n) is 7.82. The zero-order valence-electron chi connectivity index (χ0n) is 28.7. The van der Waals surface area contributed by atoms with E-state index >= 15 is 0 Å². The molecule has 1 heterocycles. The second-order valence-electron chi connectivity index (χ2n) is 13.8. The van der Waals surface area contributed by atoms with Gasteiger partial charge in [0.15, 0.2) is 0 Å². The van der Waals surface area contributed by atoms with Gasteiger partial charge in [-0.15, -0.1) is 0 Å². The minimum absolute atomic E-state index is 0.0458. The summed E-state index contributed by atoms with van der Waals surface area (Å²) in [5.74, 6) is 0.430. The first-order valence-electron chi connectivity index (χ1n) is 15.2. The Balaban J connectivity index is 2.25. The molecule has 3 aromatic carbocycles. The predicted molar refractivity (Wildman–Crippen MR) is 194 cm³/mol. The number of ether oxygens (including phenoxy) is 1. The summed E-state index contributed by atoms with van der Waals surface area (Å²) in [5.41, 5.74) is 8.99. The first-order chi connectivity index (χ1) is 21.1. The zero-order valence-corrected chi connectivity index (χ0v) is 32.7. The van der Waals surface area contributed by atoms with Gasteiger partial charge in [-0.3, -0.25) is 0 Å². The topological polar surface area (TPSA) is 58.9 Å². The number of anilines is 2. The Kier molecular flexibility index (Phi) is 10.3. The van der Waals surface area contributed by atoms with Crippen LogP contribution in [0.25, 0.3) is 0 Å². The van der Waals surface area contributed by atoms with Gasteiger partial charge in [0.25, 0.3) is 0 Å². The molecule has 1 aliphatic rings. The fourth-order valence-electron chi connectivity index (χ4n) is 6.64. The summed E-state index contributed by atoms with van der Waals surface area (Å²) in [5, 5.41) is 11.9. The summed E-state index contributed by atoms with van der Waals surface area (Å²) in [6, 6.07) is 13.1. The molecule has 0 aliphatic carbocycles. The Morgan fingerprint density at radius 2 is 1.41 bits per heavy atom. The Hall–Kier alpha value is -2.35. The molecule has 0 amide bonds. The molecule has 1 saturated heterocycles. The number of hydrogen-bond donors (Lipinski definition) is 0. The molecular formula is C35H47Cl3N4O3Ru-4. The van der Waals surface area contributed by atoms with Gasteiger partial charge in [0.1, 0.15) is 0 Å². The number of rotatable bonds is 8. The van der Waals surface area contributed by atoms with Crippen LogP contribution < -0.4 is 14.5 Å². The van der Waals surface area contributed by atoms with Crippen molar-refractivity contribution in [3.05, 3.63) is 91.5 Å². The number of nitro benzene ring substituents is 1. The molecule has 1 fully saturated rings. The molecule has 0 saturated carbocycles. The maximum atomic E-state index is 11.9. The Morgan fingerprint density at radius 3 is 1.87 bits per heavy atom. The van der Waals surface area contributed by atoms with Crippen molar-refractivity contribution in [2.24, 2.45) is 0 Å². The van der Waals surface area contributed by atoms with E-state index in [9.17, 15) is 10.1 Å². The summed E-state index contributed by atoms with van der Waals surface area (Å²) < 4.78 is 9.09. The number of benzene rings is 3. The van der Waals surface area contributed by atoms with E-state index in [2.05, 4.69) is 96.8 Å². The van der Waals surface area contributed by atoms with E-state index in [-0.39, 0.29) is 17.8 Å². The first kappa shape index (κ1) is 36.5. The van der Waals surface area contributed by atoms with Crippen LogP contribution >= 0.6 is 29.1 Å². The normalized spacial score (nSPS) is 16.5. The molecule has 0 N–H and O–H groups in total. The van der Waals surface area contributed by atoms with E-state index in [1.54, 1.807) is 10.7 Å². The molecule has 258 valence electrons. The number of nitro groups is 1. The maximum absolute atomic E-state index is 11.9. The predicted octanol–water partition coefficient (Wildman–Crippen LogP) is 8.72. The number of nitrogens with zero attached hydrogens (tertiary/aromatic N) is 4. The molecule has 0 aromatic heterocycles. The fraction of sp³-hybridized carbons (Fsp3) is 0.429. The van der Waals surface area contributed by atoms with Gasteiger partial charge in [0.05, 0.1) is 0 Å². The fourth-order valence-corrected chi connectivity index (χ4v) is 14.4. The summed E-state index contributed by atoms with van der Waals surface area (Å²) in [4.78, 5) is 15.9.